The number of thiazole rings is 1. The Morgan fingerprint density at radius 3 is 2.70 bits per heavy atom. The van der Waals surface area contributed by atoms with Gasteiger partial charge in [0.05, 0.1) is 11.7 Å². The molecule has 0 spiro atoms. The predicted molar refractivity (Wildman–Crippen MR) is 136 cm³/mol. The van der Waals surface area contributed by atoms with Crippen molar-refractivity contribution in [2.45, 2.75) is 16.6 Å². The summed E-state index contributed by atoms with van der Waals surface area (Å²) >= 11 is 3.42. The molecular formula is C18H21N11O5S3. The summed E-state index contributed by atoms with van der Waals surface area (Å²) in [5.41, 5.74) is 23.0. The molecule has 37 heavy (non-hydrogen) atoms. The molecule has 0 radical (unpaired) electrons. The highest BCUT2D eigenvalue weighted by molar-refractivity contribution is 8.01. The van der Waals surface area contributed by atoms with E-state index in [0.29, 0.717) is 5.57 Å². The number of anilines is 4. The van der Waals surface area contributed by atoms with Gasteiger partial charge in [0.1, 0.15) is 24.2 Å². The minimum absolute atomic E-state index is 0.00425. The second kappa shape index (κ2) is 10.2. The molecule has 2 aromatic rings. The maximum Gasteiger partial charge on any atom is 0.323 e. The molecule has 1 saturated heterocycles. The smallest absolute Gasteiger partial charge is 0.323 e. The van der Waals surface area contributed by atoms with Gasteiger partial charge in [-0.1, -0.05) is 10.1 Å². The Kier molecular flexibility index (Phi) is 7.18. The van der Waals surface area contributed by atoms with Crippen LogP contribution < -0.4 is 43.9 Å². The summed E-state index contributed by atoms with van der Waals surface area (Å²) in [5.74, 6) is 3.27. The van der Waals surface area contributed by atoms with Crippen LogP contribution in [0.1, 0.15) is 5.69 Å². The number of nitrogens with two attached hydrogens (primary N) is 5. The summed E-state index contributed by atoms with van der Waals surface area (Å²) in [6, 6.07) is -1.01. The fourth-order valence-electron chi connectivity index (χ4n) is 3.52. The van der Waals surface area contributed by atoms with Crippen LogP contribution in [0.2, 0.25) is 0 Å². The molecule has 2 amide bonds. The standard InChI is InChI=1S/C18H21N11O5S3/c1-34-27-8(6-4-36-17(22)24-6)13(30)25-9-14(31)28-10(16(32)33)5(2-35-15(9)28)3-37-18-26-11(20)7(19)12(21)29(18)23/h4,9,15H,2-3,23H2,1H3,(H9,19,20,21,22,24,25,27,30,32,33)/t9?,15-/m1/s1. The van der Waals surface area contributed by atoms with Gasteiger partial charge in [0.25, 0.3) is 17.6 Å². The highest BCUT2D eigenvalue weighted by Gasteiger charge is 2.53. The maximum atomic E-state index is 12.9. The number of carbonyl (C=O) groups excluding carboxylic acids is 3. The fraction of sp³-hybridized carbons (Fsp3) is 0.278. The van der Waals surface area contributed by atoms with E-state index in [-0.39, 0.29) is 56.2 Å². The lowest BCUT2D eigenvalue weighted by Gasteiger charge is -2.50. The number of hydrogen-bond acceptors (Lipinski definition) is 16. The number of nitrogens with zero attached hydrogens (tertiary/aromatic N) is 5. The monoisotopic (exact) mass is 567 g/mol. The number of nitrogens with one attached hydrogen (secondary N) is 1. The zero-order valence-corrected chi connectivity index (χ0v) is 21.5. The Hall–Kier alpha value is -3.97. The number of aliphatic carboxylic acids is 1. The third-order valence-electron chi connectivity index (χ3n) is 5.30. The van der Waals surface area contributed by atoms with E-state index < -0.39 is 29.2 Å². The van der Waals surface area contributed by atoms with Gasteiger partial charge in [-0.25, -0.2) is 4.98 Å². The number of hydrogen-bond donors (Lipinski definition) is 6. The number of carboxylic acid groups (broad SMARTS) is 1. The molecule has 0 bridgehead atoms. The van der Waals surface area contributed by atoms with Crippen molar-refractivity contribution in [2.75, 3.05) is 47.4 Å². The predicted octanol–water partition coefficient (Wildman–Crippen LogP) is -3.59. The van der Waals surface area contributed by atoms with Crippen molar-refractivity contribution < 1.29 is 29.0 Å². The first-order valence-corrected chi connectivity index (χ1v) is 13.1. The minimum atomic E-state index is -1.54. The summed E-state index contributed by atoms with van der Waals surface area (Å²) in [7, 11) is 1.25. The third-order valence-corrected chi connectivity index (χ3v) is 8.35. The molecule has 2 aromatic heterocycles. The highest BCUT2D eigenvalue weighted by atomic mass is 32.2. The van der Waals surface area contributed by atoms with Crippen molar-refractivity contribution in [1.82, 2.24) is 20.2 Å². The van der Waals surface area contributed by atoms with Crippen molar-refractivity contribution in [1.29, 1.82) is 0 Å². The lowest BCUT2D eigenvalue weighted by molar-refractivity contribution is -0.667. The van der Waals surface area contributed by atoms with Gasteiger partial charge in [0.15, 0.2) is 16.5 Å². The molecule has 19 heteroatoms. The molecule has 11 N–H and O–H groups in total. The van der Waals surface area contributed by atoms with Gasteiger partial charge in [-0.3, -0.25) is 20.3 Å². The van der Waals surface area contributed by atoms with E-state index in [4.69, 9.17) is 33.6 Å². The summed E-state index contributed by atoms with van der Waals surface area (Å²) in [5, 5.41) is 19.5. The van der Waals surface area contributed by atoms with E-state index in [0.717, 1.165) is 32.7 Å². The van der Waals surface area contributed by atoms with Crippen LogP contribution in [0.5, 0.6) is 0 Å². The Bertz CT molecular complexity index is 1360. The number of carboxylic acids is 1. The van der Waals surface area contributed by atoms with Crippen LogP contribution in [0, 0.1) is 0 Å². The molecule has 0 aromatic carbocycles. The Morgan fingerprint density at radius 1 is 1.35 bits per heavy atom. The molecule has 1 fully saturated rings. The Morgan fingerprint density at radius 2 is 2.08 bits per heavy atom. The van der Waals surface area contributed by atoms with Gasteiger partial charge in [-0.2, -0.15) is 0 Å². The number of aromatic nitrogens is 3. The van der Waals surface area contributed by atoms with Gasteiger partial charge in [-0.05, 0) is 17.3 Å². The zero-order chi connectivity index (χ0) is 27.0. The Labute approximate surface area is 221 Å². The fourth-order valence-corrected chi connectivity index (χ4v) is 6.48. The van der Waals surface area contributed by atoms with Gasteiger partial charge in [0.2, 0.25) is 5.82 Å². The second-order valence-corrected chi connectivity index (χ2v) is 10.5. The van der Waals surface area contributed by atoms with E-state index in [9.17, 15) is 19.5 Å². The van der Waals surface area contributed by atoms with Gasteiger partial charge >= 0.3 is 5.16 Å². The Balaban J connectivity index is 1.51. The number of fused-ring (bicyclic) bond motifs is 1. The number of amides is 2. The summed E-state index contributed by atoms with van der Waals surface area (Å²) < 4.78 is 1.03. The molecule has 4 rings (SSSR count). The molecule has 4 heterocycles. The number of oxime groups is 1. The summed E-state index contributed by atoms with van der Waals surface area (Å²) in [6.45, 7) is 0. The molecule has 2 aliphatic heterocycles. The molecule has 0 saturated carbocycles. The largest absolute Gasteiger partial charge is 0.543 e. The van der Waals surface area contributed by atoms with Crippen LogP contribution in [0.3, 0.4) is 0 Å². The van der Waals surface area contributed by atoms with E-state index >= 15 is 0 Å². The van der Waals surface area contributed by atoms with Crippen molar-refractivity contribution in [2.24, 2.45) is 5.16 Å². The van der Waals surface area contributed by atoms with Crippen LogP contribution >= 0.6 is 34.9 Å². The first-order chi connectivity index (χ1) is 17.5. The van der Waals surface area contributed by atoms with Crippen LogP contribution in [-0.4, -0.2) is 68.4 Å². The van der Waals surface area contributed by atoms with Crippen LogP contribution in [0.25, 0.3) is 0 Å². The first kappa shape index (κ1) is 26.1. The number of rotatable bonds is 8. The molecule has 16 nitrogen and oxygen atoms in total. The van der Waals surface area contributed by atoms with Gasteiger partial charge < -0.3 is 43.0 Å². The quantitative estimate of drug-likeness (QED) is 0.0342. The normalized spacial score (nSPS) is 19.3. The average Bonchev–Trinajstić information content (AvgIpc) is 3.30. The van der Waals surface area contributed by atoms with E-state index in [2.05, 4.69) is 20.4 Å². The summed E-state index contributed by atoms with van der Waals surface area (Å²) in [4.78, 5) is 51.7. The van der Waals surface area contributed by atoms with E-state index in [1.54, 1.807) is 0 Å². The number of nitrogen functional groups attached to an aromatic ring is 5. The lowest BCUT2D eigenvalue weighted by Crippen LogP contribution is -2.71. The van der Waals surface area contributed by atoms with Crippen molar-refractivity contribution in [3.8, 4) is 0 Å². The molecule has 196 valence electrons. The number of β-lactam (4-membered cyclic amide) rings is 1. The lowest BCUT2D eigenvalue weighted by atomic mass is 10.0. The molecule has 1 unspecified atom stereocenters. The topological polar surface area (TPSA) is 271 Å². The van der Waals surface area contributed by atoms with Crippen LogP contribution in [-0.2, 0) is 19.2 Å². The van der Waals surface area contributed by atoms with Crippen molar-refractivity contribution >= 4 is 80.8 Å². The van der Waals surface area contributed by atoms with E-state index in [1.165, 1.54) is 24.3 Å². The number of thioether (sulfide) groups is 2. The second-order valence-electron chi connectivity index (χ2n) is 7.53. The molecule has 2 atom stereocenters. The SMILES string of the molecule is CO/N=C(\C(=O)NC1C(=O)N2C(C(=O)[O-])=C(CSc3nc(N)c(N)c(N)[n+]3N)CS[C@H]12)c1csc(N)n1. The van der Waals surface area contributed by atoms with Gasteiger partial charge in [-0.15, -0.1) is 27.8 Å². The number of carbonyl (C=O) groups is 3. The summed E-state index contributed by atoms with van der Waals surface area (Å²) in [6.07, 6.45) is 0. The highest BCUT2D eigenvalue weighted by Crippen LogP contribution is 2.41. The van der Waals surface area contributed by atoms with E-state index in [1.807, 2.05) is 0 Å². The maximum absolute atomic E-state index is 12.9. The molecule has 0 aliphatic carbocycles. The molecular weight excluding hydrogens is 546 g/mol. The minimum Gasteiger partial charge on any atom is -0.543 e. The van der Waals surface area contributed by atoms with Crippen LogP contribution in [0.4, 0.5) is 22.5 Å². The first-order valence-electron chi connectivity index (χ1n) is 10.2. The van der Waals surface area contributed by atoms with Gasteiger partial charge in [0, 0.05) is 16.9 Å². The third kappa shape index (κ3) is 4.74. The van der Waals surface area contributed by atoms with Crippen molar-refractivity contribution in [3.63, 3.8) is 0 Å². The van der Waals surface area contributed by atoms with Crippen molar-refractivity contribution in [3.05, 3.63) is 22.3 Å². The average molecular weight is 568 g/mol. The van der Waals surface area contributed by atoms with Crippen LogP contribution in [0.15, 0.2) is 27.0 Å². The zero-order valence-electron chi connectivity index (χ0n) is 19.0. The molecule has 2 aliphatic rings.